The van der Waals surface area contributed by atoms with Crippen molar-refractivity contribution in [1.82, 2.24) is 20.1 Å². The number of furan rings is 1. The number of carbonyl (C=O) groups excluding carboxylic acids is 3. The molecule has 0 saturated carbocycles. The molecular weight excluding hydrogens is 440 g/mol. The fourth-order valence-corrected chi connectivity index (χ4v) is 5.05. The Kier molecular flexibility index (Phi) is 7.17. The lowest BCUT2D eigenvalue weighted by molar-refractivity contribution is -0.131. The average molecular weight is 469 g/mol. The van der Waals surface area contributed by atoms with Crippen LogP contribution in [0.4, 0.5) is 0 Å². The Hall–Kier alpha value is -3.07. The molecule has 2 aliphatic heterocycles. The molecule has 4 heterocycles. The van der Waals surface area contributed by atoms with Crippen LogP contribution in [0.2, 0.25) is 0 Å². The van der Waals surface area contributed by atoms with Gasteiger partial charge in [0.25, 0.3) is 5.91 Å². The van der Waals surface area contributed by atoms with Crippen LogP contribution in [0.15, 0.2) is 52.2 Å². The van der Waals surface area contributed by atoms with Crippen molar-refractivity contribution in [3.8, 4) is 0 Å². The Balaban J connectivity index is 1.25. The molecule has 0 unspecified atom stereocenters. The minimum Gasteiger partial charge on any atom is -0.465 e. The Labute approximate surface area is 197 Å². The van der Waals surface area contributed by atoms with Gasteiger partial charge in [-0.3, -0.25) is 14.4 Å². The third-order valence-corrected chi connectivity index (χ3v) is 7.17. The maximum Gasteiger partial charge on any atom is 0.256 e. The Morgan fingerprint density at radius 1 is 1.15 bits per heavy atom. The summed E-state index contributed by atoms with van der Waals surface area (Å²) < 4.78 is 5.14. The number of nitrogens with zero attached hydrogens (tertiary/aromatic N) is 3. The summed E-state index contributed by atoms with van der Waals surface area (Å²) >= 11 is 1.48. The van der Waals surface area contributed by atoms with Gasteiger partial charge in [0.15, 0.2) is 0 Å². The number of piperidine rings is 1. The van der Waals surface area contributed by atoms with Gasteiger partial charge >= 0.3 is 0 Å². The first kappa shape index (κ1) is 23.1. The number of hydrogen-bond acceptors (Lipinski definition) is 6. The highest BCUT2D eigenvalue weighted by molar-refractivity contribution is 7.98. The summed E-state index contributed by atoms with van der Waals surface area (Å²) in [4.78, 5) is 45.6. The average Bonchev–Trinajstić information content (AvgIpc) is 3.52. The van der Waals surface area contributed by atoms with E-state index in [0.717, 1.165) is 24.3 Å². The summed E-state index contributed by atoms with van der Waals surface area (Å²) in [6.07, 6.45) is 10.7. The molecule has 0 atom stereocenters. The maximum absolute atomic E-state index is 13.0. The maximum atomic E-state index is 13.0. The highest BCUT2D eigenvalue weighted by Crippen LogP contribution is 2.40. The summed E-state index contributed by atoms with van der Waals surface area (Å²) in [5.41, 5.74) is 0.702. The first-order valence-electron chi connectivity index (χ1n) is 11.1. The number of likely N-dealkylation sites (tertiary alicyclic amines) is 2. The highest BCUT2D eigenvalue weighted by Gasteiger charge is 2.42. The van der Waals surface area contributed by atoms with Gasteiger partial charge in [0, 0.05) is 38.5 Å². The van der Waals surface area contributed by atoms with Gasteiger partial charge in [-0.2, -0.15) is 0 Å². The molecule has 2 aromatic heterocycles. The fraction of sp³-hybridized carbons (Fsp3) is 0.417. The van der Waals surface area contributed by atoms with Gasteiger partial charge in [-0.05, 0) is 61.3 Å². The predicted molar refractivity (Wildman–Crippen MR) is 126 cm³/mol. The quantitative estimate of drug-likeness (QED) is 0.517. The van der Waals surface area contributed by atoms with Crippen molar-refractivity contribution in [1.29, 1.82) is 0 Å². The Bertz CT molecular complexity index is 1030. The molecule has 0 bridgehead atoms. The second-order valence-electron chi connectivity index (χ2n) is 8.48. The largest absolute Gasteiger partial charge is 0.465 e. The summed E-state index contributed by atoms with van der Waals surface area (Å²) in [6.45, 7) is 2.69. The van der Waals surface area contributed by atoms with Crippen molar-refractivity contribution in [2.24, 2.45) is 5.41 Å². The standard InChI is InChI=1S/C24H28N4O4S/c1-33-22-19(5-2-11-25-22)23(31)27-12-8-24(9-13-27)10-14-28(17-24)21(30)16-26-20(29)7-6-18-4-3-15-32-18/h2-7,11,15H,8-10,12-14,16-17H2,1H3,(H,26,29). The van der Waals surface area contributed by atoms with E-state index in [0.29, 0.717) is 37.5 Å². The number of rotatable bonds is 6. The van der Waals surface area contributed by atoms with E-state index in [9.17, 15) is 14.4 Å². The van der Waals surface area contributed by atoms with Gasteiger partial charge < -0.3 is 19.5 Å². The van der Waals surface area contributed by atoms with Crippen molar-refractivity contribution in [2.45, 2.75) is 24.3 Å². The SMILES string of the molecule is CSc1ncccc1C(=O)N1CCC2(CCN(C(=O)CNC(=O)C=Cc3ccco3)C2)CC1. The number of nitrogens with one attached hydrogen (secondary N) is 1. The number of carbonyl (C=O) groups is 3. The zero-order valence-electron chi connectivity index (χ0n) is 18.7. The van der Waals surface area contributed by atoms with E-state index in [2.05, 4.69) is 10.3 Å². The predicted octanol–water partition coefficient (Wildman–Crippen LogP) is 2.68. The van der Waals surface area contributed by atoms with Crippen molar-refractivity contribution in [3.05, 3.63) is 54.1 Å². The van der Waals surface area contributed by atoms with E-state index in [1.807, 2.05) is 22.1 Å². The first-order valence-corrected chi connectivity index (χ1v) is 12.3. The Morgan fingerprint density at radius 3 is 2.61 bits per heavy atom. The van der Waals surface area contributed by atoms with Gasteiger partial charge in [0.1, 0.15) is 10.8 Å². The van der Waals surface area contributed by atoms with Crippen LogP contribution in [-0.4, -0.2) is 71.5 Å². The first-order chi connectivity index (χ1) is 16.0. The van der Waals surface area contributed by atoms with Gasteiger partial charge in [-0.25, -0.2) is 4.98 Å². The van der Waals surface area contributed by atoms with E-state index in [1.165, 1.54) is 24.1 Å². The van der Waals surface area contributed by atoms with Gasteiger partial charge in [0.05, 0.1) is 18.4 Å². The summed E-state index contributed by atoms with van der Waals surface area (Å²) in [7, 11) is 0. The van der Waals surface area contributed by atoms with Crippen LogP contribution >= 0.6 is 11.8 Å². The molecule has 0 radical (unpaired) electrons. The van der Waals surface area contributed by atoms with Crippen LogP contribution in [0.25, 0.3) is 6.08 Å². The molecule has 2 fully saturated rings. The smallest absolute Gasteiger partial charge is 0.256 e. The number of thioether (sulfide) groups is 1. The van der Waals surface area contributed by atoms with Crippen LogP contribution in [0.1, 0.15) is 35.4 Å². The van der Waals surface area contributed by atoms with Gasteiger partial charge in [-0.15, -0.1) is 11.8 Å². The lowest BCUT2D eigenvalue weighted by atomic mass is 9.77. The lowest BCUT2D eigenvalue weighted by Crippen LogP contribution is -2.45. The van der Waals surface area contributed by atoms with E-state index in [4.69, 9.17) is 4.42 Å². The topological polar surface area (TPSA) is 95.8 Å². The van der Waals surface area contributed by atoms with Crippen molar-refractivity contribution < 1.29 is 18.8 Å². The van der Waals surface area contributed by atoms with Gasteiger partial charge in [-0.1, -0.05) is 0 Å². The third-order valence-electron chi connectivity index (χ3n) is 6.45. The number of amides is 3. The minimum absolute atomic E-state index is 0.0264. The normalized spacial score (nSPS) is 17.6. The molecule has 9 heteroatoms. The number of hydrogen-bond donors (Lipinski definition) is 1. The van der Waals surface area contributed by atoms with Crippen molar-refractivity contribution in [2.75, 3.05) is 39.0 Å². The lowest BCUT2D eigenvalue weighted by Gasteiger charge is -2.39. The molecule has 2 aromatic rings. The van der Waals surface area contributed by atoms with Gasteiger partial charge in [0.2, 0.25) is 11.8 Å². The van der Waals surface area contributed by atoms with E-state index in [1.54, 1.807) is 30.5 Å². The molecule has 4 rings (SSSR count). The highest BCUT2D eigenvalue weighted by atomic mass is 32.2. The van der Waals surface area contributed by atoms with Crippen molar-refractivity contribution in [3.63, 3.8) is 0 Å². The molecule has 1 spiro atoms. The zero-order chi connectivity index (χ0) is 23.3. The van der Waals surface area contributed by atoms with Crippen LogP contribution < -0.4 is 5.32 Å². The van der Waals surface area contributed by atoms with Crippen LogP contribution in [-0.2, 0) is 9.59 Å². The fourth-order valence-electron chi connectivity index (χ4n) is 4.50. The summed E-state index contributed by atoms with van der Waals surface area (Å²) in [5, 5.41) is 3.40. The molecule has 2 aliphatic rings. The van der Waals surface area contributed by atoms with Crippen LogP contribution in [0.3, 0.4) is 0 Å². The van der Waals surface area contributed by atoms with E-state index in [-0.39, 0.29) is 29.7 Å². The summed E-state index contributed by atoms with van der Waals surface area (Å²) in [6, 6.07) is 7.12. The minimum atomic E-state index is -0.333. The van der Waals surface area contributed by atoms with E-state index < -0.39 is 0 Å². The molecule has 33 heavy (non-hydrogen) atoms. The third kappa shape index (κ3) is 5.47. The van der Waals surface area contributed by atoms with Crippen LogP contribution in [0.5, 0.6) is 0 Å². The number of aromatic nitrogens is 1. The second-order valence-corrected chi connectivity index (χ2v) is 9.28. The van der Waals surface area contributed by atoms with Crippen molar-refractivity contribution >= 4 is 35.6 Å². The second kappa shape index (κ2) is 10.2. The monoisotopic (exact) mass is 468 g/mol. The number of pyridine rings is 1. The van der Waals surface area contributed by atoms with Crippen LogP contribution in [0, 0.1) is 5.41 Å². The molecule has 174 valence electrons. The molecular formula is C24H28N4O4S. The molecule has 0 aliphatic carbocycles. The summed E-state index contributed by atoms with van der Waals surface area (Å²) in [5.74, 6) is 0.195. The Morgan fingerprint density at radius 2 is 1.91 bits per heavy atom. The molecule has 1 N–H and O–H groups in total. The molecule has 2 saturated heterocycles. The molecule has 8 nitrogen and oxygen atoms in total. The van der Waals surface area contributed by atoms with E-state index >= 15 is 0 Å². The molecule has 3 amide bonds. The molecule has 0 aromatic carbocycles. The zero-order valence-corrected chi connectivity index (χ0v) is 19.5.